The standard InChI is InChI=1S/C9H12.C8H11N.C8H17N.C8H11N.C8H12.2C7H10N2.C7H10S.2C6H10N2.2C6H12N2.2C6H10N2.6CH4/c1-8(2)9-6-4-3-5-7-9;1-7(2)8-4-3-5-9-6-8;1-8(2)9-6-4-3-5-7-9;1-7(2)8-5-3-4-6-9-8;1-7(2)8-5-3-4-6-8;1-6(2)7-5-8-3-4-9-7;1-6(2)7-8-4-3-5-9-7;1-6(2)7-3-4-8-5-7;1-5(2)6-3-7-8-4-6;1-6(2)8-4-3-7-5-8;4*1-5(2)6-3-4-7-8-6;;;;;;/h3-8H,1-2H3;3-7H,1-2H3;8H,3-7H2,1-2H3;3-7H,1-2H3;3-5,7H,6H2,1-2H3;2*3-6H,1-2H3;3-6H,1-2H3;3-5H,1-2H3,(H,7,8);3-6H,1-2H3;2*5,7H,3-4H2,1-2H3;4-5H,3H2,1-2H3;3-5H,1-2H3,(H,7,8);6*1H4. The fourth-order valence-electron chi connectivity index (χ4n) is 10.4. The second-order valence-electron chi connectivity index (χ2n) is 33.4. The van der Waals surface area contributed by atoms with E-state index in [9.17, 15) is 0 Å². The zero-order valence-corrected chi connectivity index (χ0v) is 78.8. The fourth-order valence-corrected chi connectivity index (χ4v) is 11.3. The summed E-state index contributed by atoms with van der Waals surface area (Å²) in [7, 11) is 0. The number of rotatable bonds is 14. The number of hydrogen-bond acceptors (Lipinski definition) is 17. The Kier molecular flexibility index (Phi) is 78.3. The minimum atomic E-state index is 0. The molecule has 0 bridgehead atoms. The van der Waals surface area contributed by atoms with Crippen LogP contribution < -0.4 is 10.9 Å². The van der Waals surface area contributed by atoms with E-state index in [0.717, 1.165) is 61.5 Å². The van der Waals surface area contributed by atoms with Gasteiger partial charge in [-0.15, -0.1) is 0 Å². The Bertz CT molecular complexity index is 3430. The molecule has 0 saturated carbocycles. The van der Waals surface area contributed by atoms with E-state index in [2.05, 4.69) is 355 Å². The quantitative estimate of drug-likeness (QED) is 0.0797. The number of aromatic amines is 2. The number of likely N-dealkylation sites (tertiary alicyclic amines) is 1. The van der Waals surface area contributed by atoms with Gasteiger partial charge < -0.3 is 20.3 Å². The molecule has 0 unspecified atom stereocenters. The summed E-state index contributed by atoms with van der Waals surface area (Å²) < 4.78 is 2.06. The molecule has 4 N–H and O–H groups in total. The Labute approximate surface area is 764 Å². The Morgan fingerprint density at radius 3 is 1.20 bits per heavy atom. The Hall–Kier alpha value is -9.27. The van der Waals surface area contributed by atoms with Crippen LogP contribution in [0, 0.1) is 23.7 Å². The summed E-state index contributed by atoms with van der Waals surface area (Å²) in [5.74, 6) is 8.06. The lowest BCUT2D eigenvalue weighted by Gasteiger charge is -2.29. The minimum Gasteiger partial charge on any atom is -0.335 e. The summed E-state index contributed by atoms with van der Waals surface area (Å²) >= 11 is 1.77. The lowest BCUT2D eigenvalue weighted by molar-refractivity contribution is 0.185. The number of aromatic nitrogens is 12. The lowest BCUT2D eigenvalue weighted by atomic mass is 10.0. The number of hydrazone groups is 2. The van der Waals surface area contributed by atoms with Gasteiger partial charge in [-0.2, -0.15) is 41.9 Å². The third-order valence-electron chi connectivity index (χ3n) is 18.7. The second-order valence-corrected chi connectivity index (χ2v) is 34.2. The Morgan fingerprint density at radius 2 is 0.944 bits per heavy atom. The van der Waals surface area contributed by atoms with E-state index >= 15 is 0 Å². The summed E-state index contributed by atoms with van der Waals surface area (Å²) in [6, 6.07) is 27.9. The molecule has 0 radical (unpaired) electrons. The van der Waals surface area contributed by atoms with Crippen molar-refractivity contribution in [3.8, 4) is 0 Å². The maximum absolute atomic E-state index is 4.18. The number of H-pyrrole nitrogens is 2. The van der Waals surface area contributed by atoms with E-state index in [-0.39, 0.29) is 44.6 Å². The van der Waals surface area contributed by atoms with Crippen molar-refractivity contribution in [1.29, 1.82) is 0 Å². The van der Waals surface area contributed by atoms with Gasteiger partial charge in [0.25, 0.3) is 0 Å². The van der Waals surface area contributed by atoms with Gasteiger partial charge in [0.2, 0.25) is 0 Å². The van der Waals surface area contributed by atoms with Crippen molar-refractivity contribution >= 4 is 34.7 Å². The maximum Gasteiger partial charge on any atom is 0.130 e. The maximum atomic E-state index is 4.18. The van der Waals surface area contributed by atoms with Crippen molar-refractivity contribution < 1.29 is 0 Å². The number of piperidine rings is 1. The number of pyridine rings is 2. The van der Waals surface area contributed by atoms with Crippen molar-refractivity contribution in [2.75, 3.05) is 26.2 Å². The van der Waals surface area contributed by atoms with E-state index in [1.807, 2.05) is 86.0 Å². The van der Waals surface area contributed by atoms with E-state index in [0.29, 0.717) is 71.1 Å². The van der Waals surface area contributed by atoms with Gasteiger partial charge in [-0.1, -0.05) is 283 Å². The molecule has 8 aromatic heterocycles. The molecule has 1 saturated heterocycles. The molecule has 9 aromatic rings. The number of nitrogens with zero attached hydrogens (tertiary/aromatic N) is 15. The molecule has 12 heterocycles. The molecule has 20 heteroatoms. The van der Waals surface area contributed by atoms with Crippen molar-refractivity contribution in [3.63, 3.8) is 0 Å². The van der Waals surface area contributed by atoms with E-state index in [4.69, 9.17) is 0 Å². The number of thiophene rings is 1. The van der Waals surface area contributed by atoms with E-state index in [1.165, 1.54) is 83.9 Å². The summed E-state index contributed by atoms with van der Waals surface area (Å²) in [6.45, 7) is 65.3. The van der Waals surface area contributed by atoms with Gasteiger partial charge in [-0.05, 0) is 195 Å². The van der Waals surface area contributed by atoms with Crippen LogP contribution in [0.25, 0.3) is 0 Å². The smallest absolute Gasteiger partial charge is 0.130 e. The highest BCUT2D eigenvalue weighted by atomic mass is 32.1. The number of benzene rings is 1. The number of nitrogens with one attached hydrogen (secondary N) is 4. The van der Waals surface area contributed by atoms with Gasteiger partial charge >= 0.3 is 0 Å². The molecule has 0 atom stereocenters. The molecule has 14 rings (SSSR count). The summed E-state index contributed by atoms with van der Waals surface area (Å²) in [5, 5.41) is 33.5. The van der Waals surface area contributed by atoms with Gasteiger partial charge in [0, 0.05) is 159 Å². The molecule has 0 amide bonds. The summed E-state index contributed by atoms with van der Waals surface area (Å²) in [4.78, 5) is 30.8. The summed E-state index contributed by atoms with van der Waals surface area (Å²) in [5.41, 5.74) is 20.1. The normalized spacial score (nSPS) is 12.7. The van der Waals surface area contributed by atoms with Gasteiger partial charge in [0.1, 0.15) is 5.82 Å². The van der Waals surface area contributed by atoms with Crippen LogP contribution in [0.2, 0.25) is 0 Å². The SMILES string of the molecule is C.C.C.C.C.C.CC(C)C1=CC=CC1.CC(C)C1=NN=CC1.CC(C)C1=NNCC1.CC(C)C1=NNCC1.CC(C)N1CCCCC1.CC(C)c1ccccc1.CC(C)c1ccccn1.CC(C)c1cccnc1.CC(C)c1ccn[nH]1.CC(C)c1ccsc1.CC(C)c1cn[nH]c1.CC(C)c1cnccn1.CC(C)c1ncccn1.CC(C)n1ccnc1. The van der Waals surface area contributed by atoms with Crippen LogP contribution in [-0.2, 0) is 0 Å². The highest BCUT2D eigenvalue weighted by Crippen LogP contribution is 2.20. The average Bonchev–Trinajstić information content (AvgIpc) is 1.77. The van der Waals surface area contributed by atoms with Gasteiger partial charge in [0.05, 0.1) is 18.2 Å². The molecule has 1 fully saturated rings. The Morgan fingerprint density at radius 1 is 0.395 bits per heavy atom. The first-order valence-electron chi connectivity index (χ1n) is 43.4. The van der Waals surface area contributed by atoms with Crippen LogP contribution in [0.15, 0.2) is 221 Å². The zero-order chi connectivity index (χ0) is 88.0. The molecule has 698 valence electrons. The molecule has 19 nitrogen and oxygen atoms in total. The molecule has 124 heavy (non-hydrogen) atoms. The first kappa shape index (κ1) is 126. The molecule has 1 aliphatic carbocycles. The molecule has 1 aromatic carbocycles. The Balaban J connectivity index is -0.000000301. The second kappa shape index (κ2) is 77.3. The predicted molar refractivity (Wildman–Crippen MR) is 549 cm³/mol. The largest absolute Gasteiger partial charge is 0.335 e. The zero-order valence-electron chi connectivity index (χ0n) is 78.0. The monoisotopic (exact) mass is 1730 g/mol. The van der Waals surface area contributed by atoms with Crippen LogP contribution >= 0.6 is 11.3 Å². The molecule has 5 aliphatic rings. The van der Waals surface area contributed by atoms with Gasteiger partial charge in [-0.25, -0.2) is 15.0 Å². The van der Waals surface area contributed by atoms with Crippen molar-refractivity contribution in [3.05, 3.63) is 245 Å². The van der Waals surface area contributed by atoms with Crippen molar-refractivity contribution in [2.45, 2.75) is 343 Å². The molecular formula is C104H181N19S. The first-order chi connectivity index (χ1) is 56.3. The molecular weight excluding hydrogens is 1550 g/mol. The van der Waals surface area contributed by atoms with Crippen molar-refractivity contribution in [2.24, 2.45) is 44.1 Å². The minimum absolute atomic E-state index is 0. The third kappa shape index (κ3) is 61.9. The van der Waals surface area contributed by atoms with Crippen LogP contribution in [0.4, 0.5) is 0 Å². The predicted octanol–water partition coefficient (Wildman–Crippen LogP) is 29.5. The number of hydrogen-bond donors (Lipinski definition) is 4. The highest BCUT2D eigenvalue weighted by Gasteiger charge is 2.13. The van der Waals surface area contributed by atoms with Gasteiger partial charge in [-0.3, -0.25) is 30.1 Å². The van der Waals surface area contributed by atoms with E-state index < -0.39 is 0 Å². The van der Waals surface area contributed by atoms with Crippen molar-refractivity contribution in [1.82, 2.24) is 75.6 Å². The molecule has 4 aliphatic heterocycles. The van der Waals surface area contributed by atoms with Crippen LogP contribution in [0.1, 0.15) is 382 Å². The van der Waals surface area contributed by atoms with E-state index in [1.54, 1.807) is 66.5 Å². The summed E-state index contributed by atoms with van der Waals surface area (Å²) in [6.07, 6.45) is 42.5. The van der Waals surface area contributed by atoms with Crippen LogP contribution in [0.3, 0.4) is 0 Å². The van der Waals surface area contributed by atoms with Gasteiger partial charge in [0.15, 0.2) is 0 Å². The number of imidazole rings is 1. The molecule has 0 spiro atoms. The lowest BCUT2D eigenvalue weighted by Crippen LogP contribution is -2.35. The topological polar surface area (TPSA) is 229 Å². The first-order valence-corrected chi connectivity index (χ1v) is 44.3. The number of allylic oxidation sites excluding steroid dienone is 4. The van der Waals surface area contributed by atoms with Crippen LogP contribution in [-0.4, -0.2) is 120 Å². The highest BCUT2D eigenvalue weighted by molar-refractivity contribution is 7.08. The fraction of sp³-hybridized carbons (Fsp3) is 0.567. The van der Waals surface area contributed by atoms with Crippen LogP contribution in [0.5, 0.6) is 0 Å². The third-order valence-corrected chi connectivity index (χ3v) is 19.4. The average molecular weight is 1730 g/mol.